The predicted molar refractivity (Wildman–Crippen MR) is 48.2 cm³/mol. The summed E-state index contributed by atoms with van der Waals surface area (Å²) in [6.07, 6.45) is 2.38. The van der Waals surface area contributed by atoms with Gasteiger partial charge >= 0.3 is 0 Å². The molecular formula is C6H14NPS. The summed E-state index contributed by atoms with van der Waals surface area (Å²) in [5.74, 6) is 0. The van der Waals surface area contributed by atoms with E-state index in [2.05, 4.69) is 33.8 Å². The molecule has 0 saturated carbocycles. The zero-order valence-corrected chi connectivity index (χ0v) is 7.85. The van der Waals surface area contributed by atoms with E-state index in [1.54, 1.807) is 0 Å². The molecule has 0 spiro atoms. The summed E-state index contributed by atoms with van der Waals surface area (Å²) in [6, 6.07) is 0. The molecule has 0 radical (unpaired) electrons. The van der Waals surface area contributed by atoms with E-state index in [1.165, 1.54) is 25.9 Å². The predicted octanol–water partition coefficient (Wildman–Crippen LogP) is 1.21. The molecule has 1 nitrogen and oxygen atoms in total. The fraction of sp³-hybridized carbons (Fsp3) is 1.00. The van der Waals surface area contributed by atoms with Crippen molar-refractivity contribution in [2.24, 2.45) is 0 Å². The van der Waals surface area contributed by atoms with Crippen LogP contribution in [0, 0.1) is 0 Å². The third-order valence-electron chi connectivity index (χ3n) is 1.85. The maximum atomic E-state index is 4.49. The molecule has 1 aliphatic rings. The van der Waals surface area contributed by atoms with Crippen LogP contribution in [0.4, 0.5) is 0 Å². The highest BCUT2D eigenvalue weighted by Crippen LogP contribution is 2.34. The summed E-state index contributed by atoms with van der Waals surface area (Å²) in [6.45, 7) is 2.38. The molecule has 3 heteroatoms. The van der Waals surface area contributed by atoms with Crippen LogP contribution < -0.4 is 0 Å². The molecule has 0 N–H and O–H groups in total. The first-order valence-corrected chi connectivity index (χ1v) is 4.32. The Morgan fingerprint density at radius 3 is 2.22 bits per heavy atom. The van der Waals surface area contributed by atoms with Gasteiger partial charge in [0, 0.05) is 4.49 Å². The Labute approximate surface area is 64.8 Å². The van der Waals surface area contributed by atoms with E-state index < -0.39 is 0 Å². The molecule has 0 aromatic carbocycles. The number of hydrogen-bond acceptors (Lipinski definition) is 2. The van der Waals surface area contributed by atoms with Gasteiger partial charge in [-0.1, -0.05) is 0 Å². The standard InChI is InChI=1S/C6H14NPS/c1-7-4-2-6(8,9)3-5-7/h9H,2-5,8H2,1H3. The number of nitrogens with zero attached hydrogens (tertiary/aromatic N) is 1. The van der Waals surface area contributed by atoms with Crippen LogP contribution in [0.25, 0.3) is 0 Å². The van der Waals surface area contributed by atoms with Crippen LogP contribution in [0.2, 0.25) is 0 Å². The first-order valence-electron chi connectivity index (χ1n) is 3.30. The summed E-state index contributed by atoms with van der Waals surface area (Å²) in [5, 5.41) is 0. The van der Waals surface area contributed by atoms with Crippen LogP contribution in [0.5, 0.6) is 0 Å². The first-order chi connectivity index (χ1) is 4.10. The minimum Gasteiger partial charge on any atom is -0.306 e. The molecule has 54 valence electrons. The fourth-order valence-electron chi connectivity index (χ4n) is 1.01. The second kappa shape index (κ2) is 2.77. The topological polar surface area (TPSA) is 3.24 Å². The highest BCUT2D eigenvalue weighted by molar-refractivity contribution is 7.86. The van der Waals surface area contributed by atoms with Crippen LogP contribution in [0.3, 0.4) is 0 Å². The zero-order valence-electron chi connectivity index (χ0n) is 5.80. The maximum Gasteiger partial charge on any atom is 0.0294 e. The molecule has 0 aromatic heterocycles. The lowest BCUT2D eigenvalue weighted by atomic mass is 10.1. The molecule has 1 aliphatic heterocycles. The molecule has 0 aliphatic carbocycles. The number of likely N-dealkylation sites (tertiary alicyclic amines) is 1. The quantitative estimate of drug-likeness (QED) is 0.415. The first kappa shape index (κ1) is 7.84. The molecule has 1 atom stereocenters. The van der Waals surface area contributed by atoms with Gasteiger partial charge in [0.1, 0.15) is 0 Å². The highest BCUT2D eigenvalue weighted by Gasteiger charge is 2.24. The van der Waals surface area contributed by atoms with Crippen molar-refractivity contribution in [1.82, 2.24) is 4.90 Å². The summed E-state index contributed by atoms with van der Waals surface area (Å²) >= 11 is 4.49. The lowest BCUT2D eigenvalue weighted by Gasteiger charge is -2.33. The van der Waals surface area contributed by atoms with Gasteiger partial charge < -0.3 is 4.90 Å². The van der Waals surface area contributed by atoms with E-state index in [4.69, 9.17) is 0 Å². The van der Waals surface area contributed by atoms with Gasteiger partial charge in [0.25, 0.3) is 0 Å². The van der Waals surface area contributed by atoms with Gasteiger partial charge in [-0.2, -0.15) is 12.6 Å². The summed E-state index contributed by atoms with van der Waals surface area (Å²) in [5.41, 5.74) is 0. The number of rotatable bonds is 0. The Morgan fingerprint density at radius 1 is 1.44 bits per heavy atom. The Morgan fingerprint density at radius 2 is 1.89 bits per heavy atom. The molecule has 1 rings (SSSR count). The van der Waals surface area contributed by atoms with Gasteiger partial charge in [0.15, 0.2) is 0 Å². The van der Waals surface area contributed by atoms with Gasteiger partial charge in [0.2, 0.25) is 0 Å². The van der Waals surface area contributed by atoms with Crippen LogP contribution in [0.15, 0.2) is 0 Å². The largest absolute Gasteiger partial charge is 0.306 e. The molecule has 9 heavy (non-hydrogen) atoms. The van der Waals surface area contributed by atoms with E-state index >= 15 is 0 Å². The average Bonchev–Trinajstić information content (AvgIpc) is 1.78. The van der Waals surface area contributed by atoms with E-state index in [1.807, 2.05) is 0 Å². The third kappa shape index (κ3) is 2.45. The molecule has 1 heterocycles. The van der Waals surface area contributed by atoms with Gasteiger partial charge in [-0.05, 0) is 33.0 Å². The minimum atomic E-state index is 0.229. The van der Waals surface area contributed by atoms with Crippen molar-refractivity contribution in [3.8, 4) is 0 Å². The Hall–Kier alpha value is 0.740. The number of thiol groups is 1. The number of piperidine rings is 1. The van der Waals surface area contributed by atoms with Crippen LogP contribution in [-0.4, -0.2) is 29.5 Å². The minimum absolute atomic E-state index is 0.229. The summed E-state index contributed by atoms with van der Waals surface area (Å²) < 4.78 is 0.229. The molecule has 0 aromatic rings. The van der Waals surface area contributed by atoms with E-state index in [0.717, 1.165) is 0 Å². The Kier molecular flexibility index (Phi) is 2.42. The normalized spacial score (nSPS) is 28.3. The second-order valence-corrected chi connectivity index (χ2v) is 5.39. The van der Waals surface area contributed by atoms with Crippen LogP contribution in [0.1, 0.15) is 12.8 Å². The zero-order chi connectivity index (χ0) is 6.91. The maximum absolute atomic E-state index is 4.49. The van der Waals surface area contributed by atoms with Crippen molar-refractivity contribution in [2.45, 2.75) is 17.3 Å². The van der Waals surface area contributed by atoms with Gasteiger partial charge in [-0.3, -0.25) is 0 Å². The second-order valence-electron chi connectivity index (χ2n) is 2.91. The van der Waals surface area contributed by atoms with Crippen molar-refractivity contribution >= 4 is 21.9 Å². The van der Waals surface area contributed by atoms with Gasteiger partial charge in [-0.15, -0.1) is 9.24 Å². The summed E-state index contributed by atoms with van der Waals surface area (Å²) in [7, 11) is 4.98. The molecule has 1 fully saturated rings. The lowest BCUT2D eigenvalue weighted by Crippen LogP contribution is -2.35. The van der Waals surface area contributed by atoms with Crippen molar-refractivity contribution in [1.29, 1.82) is 0 Å². The van der Waals surface area contributed by atoms with Crippen molar-refractivity contribution in [3.63, 3.8) is 0 Å². The molecular weight excluding hydrogens is 149 g/mol. The van der Waals surface area contributed by atoms with Crippen molar-refractivity contribution in [2.75, 3.05) is 20.1 Å². The third-order valence-corrected chi connectivity index (χ3v) is 2.88. The Balaban J connectivity index is 2.35. The lowest BCUT2D eigenvalue weighted by molar-refractivity contribution is 0.273. The Bertz CT molecular complexity index is 95.2. The molecule has 1 unspecified atom stereocenters. The average molecular weight is 163 g/mol. The van der Waals surface area contributed by atoms with Gasteiger partial charge in [-0.25, -0.2) is 0 Å². The SMILES string of the molecule is CN1CCC(P)(S)CC1. The van der Waals surface area contributed by atoms with E-state index in [0.29, 0.717) is 0 Å². The highest BCUT2D eigenvalue weighted by atomic mass is 32.1. The fourth-order valence-corrected chi connectivity index (χ4v) is 1.46. The molecule has 1 saturated heterocycles. The van der Waals surface area contributed by atoms with Crippen LogP contribution >= 0.6 is 21.9 Å². The monoisotopic (exact) mass is 163 g/mol. The van der Waals surface area contributed by atoms with Gasteiger partial charge in [0.05, 0.1) is 0 Å². The molecule has 0 amide bonds. The van der Waals surface area contributed by atoms with E-state index in [-0.39, 0.29) is 4.49 Å². The van der Waals surface area contributed by atoms with Crippen molar-refractivity contribution < 1.29 is 0 Å². The smallest absolute Gasteiger partial charge is 0.0294 e. The van der Waals surface area contributed by atoms with E-state index in [9.17, 15) is 0 Å². The van der Waals surface area contributed by atoms with Crippen LogP contribution in [-0.2, 0) is 0 Å². The number of hydrogen-bond donors (Lipinski definition) is 1. The molecule has 0 bridgehead atoms. The van der Waals surface area contributed by atoms with Crippen molar-refractivity contribution in [3.05, 3.63) is 0 Å². The summed E-state index contributed by atoms with van der Waals surface area (Å²) in [4.78, 5) is 2.35.